The Balaban J connectivity index is 2.32. The highest BCUT2D eigenvalue weighted by Gasteiger charge is 2.30. The summed E-state index contributed by atoms with van der Waals surface area (Å²) in [6.45, 7) is -1.49. The van der Waals surface area contributed by atoms with Gasteiger partial charge in [-0.3, -0.25) is 10.7 Å². The number of ether oxygens (including phenoxy) is 1. The molecule has 2 rings (SSSR count). The number of hydrogen-bond donors (Lipinski definition) is 3. The molecule has 1 aliphatic rings. The maximum atomic E-state index is 12.4. The largest absolute Gasteiger partial charge is 0.467 e. The van der Waals surface area contributed by atoms with Crippen LogP contribution in [0, 0.1) is 0 Å². The second-order valence-electron chi connectivity index (χ2n) is 5.14. The number of benzene rings is 1. The molecule has 0 saturated carbocycles. The Hall–Kier alpha value is -3.11. The van der Waals surface area contributed by atoms with Gasteiger partial charge in [-0.1, -0.05) is 12.1 Å². The Morgan fingerprint density at radius 3 is 2.68 bits per heavy atom. The third-order valence-electron chi connectivity index (χ3n) is 2.92. The molecule has 0 spiro atoms. The SMILES string of the molecule is CN(C)C1=CC(OCC(F)(F)F)=NN(c2ccccc2NC(=O)O)N1. The van der Waals surface area contributed by atoms with Crippen LogP contribution in [0.15, 0.2) is 41.3 Å². The number of amides is 1. The molecule has 1 aromatic carbocycles. The van der Waals surface area contributed by atoms with Crippen molar-refractivity contribution in [1.29, 1.82) is 0 Å². The molecule has 0 aromatic heterocycles. The van der Waals surface area contributed by atoms with Crippen LogP contribution in [0.1, 0.15) is 0 Å². The van der Waals surface area contributed by atoms with E-state index in [-0.39, 0.29) is 17.3 Å². The molecule has 8 nitrogen and oxygen atoms in total. The number of nitrogens with zero attached hydrogens (tertiary/aromatic N) is 3. The van der Waals surface area contributed by atoms with E-state index in [0.717, 1.165) is 5.12 Å². The zero-order valence-corrected chi connectivity index (χ0v) is 13.3. The molecule has 1 aromatic rings. The minimum Gasteiger partial charge on any atom is -0.467 e. The number of hydrazone groups is 1. The summed E-state index contributed by atoms with van der Waals surface area (Å²) in [7, 11) is 3.34. The van der Waals surface area contributed by atoms with Crippen LogP contribution in [0.3, 0.4) is 0 Å². The van der Waals surface area contributed by atoms with Crippen LogP contribution >= 0.6 is 0 Å². The molecule has 1 aliphatic heterocycles. The third-order valence-corrected chi connectivity index (χ3v) is 2.92. The van der Waals surface area contributed by atoms with Gasteiger partial charge in [-0.05, 0) is 12.1 Å². The number of hydrazine groups is 1. The first-order valence-corrected chi connectivity index (χ1v) is 6.98. The number of carbonyl (C=O) groups is 1. The van der Waals surface area contributed by atoms with Crippen LogP contribution in [0.25, 0.3) is 0 Å². The molecule has 3 N–H and O–H groups in total. The summed E-state index contributed by atoms with van der Waals surface area (Å²) in [5.74, 6) is 0.127. The van der Waals surface area contributed by atoms with Crippen LogP contribution < -0.4 is 15.9 Å². The van der Waals surface area contributed by atoms with E-state index in [4.69, 9.17) is 9.84 Å². The van der Waals surface area contributed by atoms with Crippen molar-refractivity contribution in [2.45, 2.75) is 6.18 Å². The van der Waals surface area contributed by atoms with E-state index >= 15 is 0 Å². The fourth-order valence-corrected chi connectivity index (χ4v) is 1.86. The van der Waals surface area contributed by atoms with Gasteiger partial charge in [0.25, 0.3) is 0 Å². The topological polar surface area (TPSA) is 89.4 Å². The molecule has 0 atom stereocenters. The molecule has 0 saturated heterocycles. The lowest BCUT2D eigenvalue weighted by molar-refractivity contribution is -0.156. The number of halogens is 3. The Morgan fingerprint density at radius 2 is 2.08 bits per heavy atom. The summed E-state index contributed by atoms with van der Waals surface area (Å²) in [5.41, 5.74) is 3.33. The van der Waals surface area contributed by atoms with Crippen LogP contribution in [0.2, 0.25) is 0 Å². The van der Waals surface area contributed by atoms with Gasteiger partial charge < -0.3 is 14.7 Å². The highest BCUT2D eigenvalue weighted by molar-refractivity contribution is 5.92. The van der Waals surface area contributed by atoms with Crippen molar-refractivity contribution in [3.05, 3.63) is 36.2 Å². The van der Waals surface area contributed by atoms with E-state index in [0.29, 0.717) is 5.82 Å². The van der Waals surface area contributed by atoms with Crippen molar-refractivity contribution in [2.75, 3.05) is 31.1 Å². The molecule has 11 heteroatoms. The van der Waals surface area contributed by atoms with E-state index < -0.39 is 18.9 Å². The van der Waals surface area contributed by atoms with E-state index in [9.17, 15) is 18.0 Å². The number of alkyl halides is 3. The Bertz CT molecular complexity index is 703. The summed E-state index contributed by atoms with van der Waals surface area (Å²) >= 11 is 0. The summed E-state index contributed by atoms with van der Waals surface area (Å²) < 4.78 is 41.8. The average Bonchev–Trinajstić information content (AvgIpc) is 2.52. The van der Waals surface area contributed by atoms with Crippen molar-refractivity contribution >= 4 is 23.4 Å². The highest BCUT2D eigenvalue weighted by Crippen LogP contribution is 2.27. The van der Waals surface area contributed by atoms with E-state index in [1.165, 1.54) is 12.1 Å². The van der Waals surface area contributed by atoms with E-state index in [2.05, 4.69) is 15.8 Å². The van der Waals surface area contributed by atoms with Crippen LogP contribution in [-0.2, 0) is 4.74 Å². The molecule has 136 valence electrons. The molecule has 25 heavy (non-hydrogen) atoms. The van der Waals surface area contributed by atoms with Crippen molar-refractivity contribution in [1.82, 2.24) is 10.3 Å². The van der Waals surface area contributed by atoms with Crippen LogP contribution in [0.5, 0.6) is 0 Å². The predicted octanol–water partition coefficient (Wildman–Crippen LogP) is 2.40. The number of rotatable bonds is 4. The number of para-hydroxylation sites is 2. The molecule has 1 amide bonds. The zero-order chi connectivity index (χ0) is 18.6. The van der Waals surface area contributed by atoms with Gasteiger partial charge in [0, 0.05) is 20.2 Å². The maximum Gasteiger partial charge on any atom is 0.422 e. The lowest BCUT2D eigenvalue weighted by Crippen LogP contribution is -2.42. The van der Waals surface area contributed by atoms with Crippen molar-refractivity contribution in [3.8, 4) is 0 Å². The number of anilines is 2. The quantitative estimate of drug-likeness (QED) is 0.765. The van der Waals surface area contributed by atoms with Gasteiger partial charge in [-0.2, -0.15) is 18.3 Å². The molecular weight excluding hydrogens is 343 g/mol. The van der Waals surface area contributed by atoms with Gasteiger partial charge in [0.15, 0.2) is 6.61 Å². The average molecular weight is 359 g/mol. The molecule has 1 heterocycles. The first-order valence-electron chi connectivity index (χ1n) is 6.98. The Kier molecular flexibility index (Phi) is 5.25. The van der Waals surface area contributed by atoms with Gasteiger partial charge in [0.2, 0.25) is 5.90 Å². The second kappa shape index (κ2) is 7.20. The van der Waals surface area contributed by atoms with Crippen molar-refractivity contribution in [2.24, 2.45) is 5.10 Å². The van der Waals surface area contributed by atoms with E-state index in [1.807, 2.05) is 0 Å². The Morgan fingerprint density at radius 1 is 1.40 bits per heavy atom. The summed E-state index contributed by atoms with van der Waals surface area (Å²) in [6.07, 6.45) is -4.49. The smallest absolute Gasteiger partial charge is 0.422 e. The minimum atomic E-state index is -4.51. The van der Waals surface area contributed by atoms with E-state index in [1.54, 1.807) is 37.2 Å². The first-order chi connectivity index (χ1) is 11.7. The molecule has 0 bridgehead atoms. The van der Waals surface area contributed by atoms with Crippen LogP contribution in [0.4, 0.5) is 29.3 Å². The predicted molar refractivity (Wildman–Crippen MR) is 84.9 cm³/mol. The van der Waals surface area contributed by atoms with Gasteiger partial charge in [0.1, 0.15) is 11.5 Å². The highest BCUT2D eigenvalue weighted by atomic mass is 19.4. The summed E-state index contributed by atoms with van der Waals surface area (Å²) in [6, 6.07) is 6.27. The molecule has 0 radical (unpaired) electrons. The zero-order valence-electron chi connectivity index (χ0n) is 13.3. The van der Waals surface area contributed by atoms with Crippen molar-refractivity contribution in [3.63, 3.8) is 0 Å². The molecular formula is C14H16F3N5O3. The normalized spacial score (nSPS) is 14.2. The molecule has 0 aliphatic carbocycles. The first kappa shape index (κ1) is 18.2. The molecule has 0 unspecified atom stereocenters. The van der Waals surface area contributed by atoms with Crippen molar-refractivity contribution < 1.29 is 27.8 Å². The lowest BCUT2D eigenvalue weighted by Gasteiger charge is -2.31. The standard InChI is InChI=1S/C14H16F3N5O3/c1-21(2)11-7-12(25-8-14(15,16)17)20-22(19-11)10-6-4-3-5-9(10)18-13(23)24/h3-7,18-19H,8H2,1-2H3,(H,23,24). The maximum absolute atomic E-state index is 12.4. The summed E-state index contributed by atoms with van der Waals surface area (Å²) in [5, 5.41) is 16.2. The molecule has 0 fully saturated rings. The minimum absolute atomic E-state index is 0.196. The Labute approximate surface area is 141 Å². The fourth-order valence-electron chi connectivity index (χ4n) is 1.86. The van der Waals surface area contributed by atoms with Crippen LogP contribution in [-0.4, -0.2) is 48.9 Å². The van der Waals surface area contributed by atoms with Gasteiger partial charge in [-0.15, -0.1) is 5.10 Å². The second-order valence-corrected chi connectivity index (χ2v) is 5.14. The fraction of sp³-hybridized carbons (Fsp3) is 0.286. The van der Waals surface area contributed by atoms with Gasteiger partial charge in [0.05, 0.1) is 5.69 Å². The summed E-state index contributed by atoms with van der Waals surface area (Å²) in [4.78, 5) is 12.5. The lowest BCUT2D eigenvalue weighted by atomic mass is 10.2. The monoisotopic (exact) mass is 359 g/mol. The number of carboxylic acid groups (broad SMARTS) is 1. The van der Waals surface area contributed by atoms with Gasteiger partial charge >= 0.3 is 12.3 Å². The number of hydrogen-bond acceptors (Lipinski definition) is 6. The third kappa shape index (κ3) is 5.19. The number of nitrogens with one attached hydrogen (secondary N) is 2. The van der Waals surface area contributed by atoms with Gasteiger partial charge in [-0.25, -0.2) is 4.79 Å².